The summed E-state index contributed by atoms with van der Waals surface area (Å²) in [5, 5.41) is 0. The van der Waals surface area contributed by atoms with E-state index < -0.39 is 0 Å². The van der Waals surface area contributed by atoms with Crippen molar-refractivity contribution in [2.75, 3.05) is 18.5 Å². The Bertz CT molecular complexity index is 393. The number of nitrogens with zero attached hydrogens (tertiary/aromatic N) is 2. The molecule has 1 aromatic heterocycles. The second-order valence-corrected chi connectivity index (χ2v) is 4.21. The van der Waals surface area contributed by atoms with Gasteiger partial charge in [0, 0.05) is 25.5 Å². The van der Waals surface area contributed by atoms with Crippen LogP contribution >= 0.6 is 0 Å². The molecule has 0 spiro atoms. The van der Waals surface area contributed by atoms with Crippen LogP contribution in [0.15, 0.2) is 18.5 Å². The Kier molecular flexibility index (Phi) is 3.05. The summed E-state index contributed by atoms with van der Waals surface area (Å²) < 4.78 is 0. The number of rotatable bonds is 2. The molecule has 0 radical (unpaired) electrons. The second-order valence-electron chi connectivity index (χ2n) is 4.21. The van der Waals surface area contributed by atoms with E-state index in [-0.39, 0.29) is 5.91 Å². The minimum Gasteiger partial charge on any atom is -0.338 e. The Hall–Kier alpha value is -1.62. The molecule has 0 saturated carbocycles. The van der Waals surface area contributed by atoms with E-state index in [4.69, 9.17) is 5.84 Å². The summed E-state index contributed by atoms with van der Waals surface area (Å²) in [6.07, 6.45) is 4.23. The first-order chi connectivity index (χ1) is 7.72. The molecule has 1 amide bonds. The Morgan fingerprint density at radius 3 is 3.12 bits per heavy atom. The highest BCUT2D eigenvalue weighted by Crippen LogP contribution is 2.20. The SMILES string of the molecule is CC1CCN(C(=O)c2cnccc2NN)C1. The summed E-state index contributed by atoms with van der Waals surface area (Å²) >= 11 is 0. The van der Waals surface area contributed by atoms with Crippen LogP contribution in [0.4, 0.5) is 5.69 Å². The first-order valence-corrected chi connectivity index (χ1v) is 5.42. The molecule has 1 atom stereocenters. The Labute approximate surface area is 94.6 Å². The molecule has 1 aliphatic heterocycles. The Balaban J connectivity index is 2.20. The number of nitrogens with two attached hydrogens (primary N) is 1. The molecule has 1 aliphatic rings. The number of amides is 1. The molecule has 0 bridgehead atoms. The summed E-state index contributed by atoms with van der Waals surface area (Å²) in [5.41, 5.74) is 3.69. The monoisotopic (exact) mass is 220 g/mol. The summed E-state index contributed by atoms with van der Waals surface area (Å²) in [5.74, 6) is 5.95. The number of nitrogens with one attached hydrogen (secondary N) is 1. The zero-order valence-electron chi connectivity index (χ0n) is 9.31. The predicted molar refractivity (Wildman–Crippen MR) is 61.7 cm³/mol. The highest BCUT2D eigenvalue weighted by atomic mass is 16.2. The maximum absolute atomic E-state index is 12.2. The highest BCUT2D eigenvalue weighted by Gasteiger charge is 2.25. The van der Waals surface area contributed by atoms with E-state index in [1.165, 1.54) is 0 Å². The lowest BCUT2D eigenvalue weighted by atomic mass is 10.2. The van der Waals surface area contributed by atoms with Crippen molar-refractivity contribution >= 4 is 11.6 Å². The fourth-order valence-corrected chi connectivity index (χ4v) is 1.98. The van der Waals surface area contributed by atoms with Crippen molar-refractivity contribution in [3.63, 3.8) is 0 Å². The molecule has 1 saturated heterocycles. The van der Waals surface area contributed by atoms with Crippen molar-refractivity contribution in [3.05, 3.63) is 24.0 Å². The van der Waals surface area contributed by atoms with Crippen molar-refractivity contribution in [3.8, 4) is 0 Å². The minimum absolute atomic E-state index is 0.00500. The number of aromatic nitrogens is 1. The van der Waals surface area contributed by atoms with Crippen LogP contribution in [0.3, 0.4) is 0 Å². The van der Waals surface area contributed by atoms with Gasteiger partial charge in [-0.3, -0.25) is 15.6 Å². The number of nitrogen functional groups attached to an aromatic ring is 1. The van der Waals surface area contributed by atoms with Crippen LogP contribution in [0.1, 0.15) is 23.7 Å². The molecule has 86 valence electrons. The lowest BCUT2D eigenvalue weighted by Crippen LogP contribution is -2.29. The summed E-state index contributed by atoms with van der Waals surface area (Å²) in [4.78, 5) is 18.0. The van der Waals surface area contributed by atoms with Gasteiger partial charge in [0.05, 0.1) is 11.3 Å². The normalized spacial score (nSPS) is 19.9. The smallest absolute Gasteiger partial charge is 0.257 e. The quantitative estimate of drug-likeness (QED) is 0.572. The Morgan fingerprint density at radius 2 is 2.50 bits per heavy atom. The van der Waals surface area contributed by atoms with Crippen LogP contribution in [0.5, 0.6) is 0 Å². The standard InChI is InChI=1S/C11H16N4O/c1-8-3-5-15(7-8)11(16)9-6-13-4-2-10(9)14-12/h2,4,6,8H,3,5,7,12H2,1H3,(H,13,14). The molecule has 5 heteroatoms. The molecular formula is C11H16N4O. The molecule has 2 rings (SSSR count). The number of carbonyl (C=O) groups excluding carboxylic acids is 1. The van der Waals surface area contributed by atoms with Gasteiger partial charge in [-0.2, -0.15) is 0 Å². The Morgan fingerprint density at radius 1 is 1.69 bits per heavy atom. The van der Waals surface area contributed by atoms with Gasteiger partial charge in [-0.1, -0.05) is 6.92 Å². The van der Waals surface area contributed by atoms with E-state index in [1.54, 1.807) is 18.5 Å². The third-order valence-corrected chi connectivity index (χ3v) is 2.92. The number of pyridine rings is 1. The van der Waals surface area contributed by atoms with Gasteiger partial charge in [0.2, 0.25) is 0 Å². The molecule has 3 N–H and O–H groups in total. The fourth-order valence-electron chi connectivity index (χ4n) is 1.98. The van der Waals surface area contributed by atoms with E-state index in [0.717, 1.165) is 19.5 Å². The number of hydrazine groups is 1. The fraction of sp³-hybridized carbons (Fsp3) is 0.455. The average molecular weight is 220 g/mol. The largest absolute Gasteiger partial charge is 0.338 e. The van der Waals surface area contributed by atoms with E-state index >= 15 is 0 Å². The number of hydrogen-bond donors (Lipinski definition) is 2. The van der Waals surface area contributed by atoms with Crippen LogP contribution in [0.2, 0.25) is 0 Å². The van der Waals surface area contributed by atoms with Crippen molar-refractivity contribution in [1.29, 1.82) is 0 Å². The van der Waals surface area contributed by atoms with Gasteiger partial charge in [-0.25, -0.2) is 0 Å². The molecule has 5 nitrogen and oxygen atoms in total. The molecule has 1 unspecified atom stereocenters. The zero-order chi connectivity index (χ0) is 11.5. The van der Waals surface area contributed by atoms with Crippen LogP contribution in [-0.4, -0.2) is 28.9 Å². The van der Waals surface area contributed by atoms with E-state index in [2.05, 4.69) is 17.3 Å². The molecule has 1 aromatic rings. The summed E-state index contributed by atoms with van der Waals surface area (Å²) in [6, 6.07) is 1.70. The van der Waals surface area contributed by atoms with Crippen LogP contribution in [0.25, 0.3) is 0 Å². The van der Waals surface area contributed by atoms with Gasteiger partial charge < -0.3 is 10.3 Å². The molecule has 16 heavy (non-hydrogen) atoms. The lowest BCUT2D eigenvalue weighted by molar-refractivity contribution is 0.0788. The van der Waals surface area contributed by atoms with Crippen LogP contribution < -0.4 is 11.3 Å². The number of likely N-dealkylation sites (tertiary alicyclic amines) is 1. The van der Waals surface area contributed by atoms with Crippen molar-refractivity contribution in [2.45, 2.75) is 13.3 Å². The van der Waals surface area contributed by atoms with E-state index in [1.807, 2.05) is 4.90 Å². The van der Waals surface area contributed by atoms with Crippen molar-refractivity contribution in [2.24, 2.45) is 11.8 Å². The number of carbonyl (C=O) groups is 1. The molecule has 1 fully saturated rings. The van der Waals surface area contributed by atoms with Crippen molar-refractivity contribution < 1.29 is 4.79 Å². The minimum atomic E-state index is 0.00500. The summed E-state index contributed by atoms with van der Waals surface area (Å²) in [6.45, 7) is 3.79. The molecule has 0 aromatic carbocycles. The molecular weight excluding hydrogens is 204 g/mol. The molecule has 0 aliphatic carbocycles. The van der Waals surface area contributed by atoms with Gasteiger partial charge in [0.1, 0.15) is 0 Å². The number of hydrogen-bond acceptors (Lipinski definition) is 4. The third kappa shape index (κ3) is 1.99. The predicted octanol–water partition coefficient (Wildman–Crippen LogP) is 0.849. The van der Waals surface area contributed by atoms with Gasteiger partial charge in [-0.05, 0) is 18.4 Å². The summed E-state index contributed by atoms with van der Waals surface area (Å²) in [7, 11) is 0. The van der Waals surface area contributed by atoms with Gasteiger partial charge in [0.15, 0.2) is 0 Å². The zero-order valence-corrected chi connectivity index (χ0v) is 9.31. The van der Waals surface area contributed by atoms with Crippen LogP contribution in [0, 0.1) is 5.92 Å². The average Bonchev–Trinajstić information content (AvgIpc) is 2.75. The first-order valence-electron chi connectivity index (χ1n) is 5.42. The van der Waals surface area contributed by atoms with Crippen molar-refractivity contribution in [1.82, 2.24) is 9.88 Å². The maximum Gasteiger partial charge on any atom is 0.257 e. The highest BCUT2D eigenvalue weighted by molar-refractivity contribution is 5.99. The van der Waals surface area contributed by atoms with Crippen LogP contribution in [-0.2, 0) is 0 Å². The van der Waals surface area contributed by atoms with E-state index in [9.17, 15) is 4.79 Å². The van der Waals surface area contributed by atoms with Gasteiger partial charge in [0.25, 0.3) is 5.91 Å². The molecule has 2 heterocycles. The second kappa shape index (κ2) is 4.49. The topological polar surface area (TPSA) is 71.2 Å². The van der Waals surface area contributed by atoms with E-state index in [0.29, 0.717) is 17.2 Å². The van der Waals surface area contributed by atoms with Gasteiger partial charge >= 0.3 is 0 Å². The lowest BCUT2D eigenvalue weighted by Gasteiger charge is -2.17. The first kappa shape index (κ1) is 10.9. The third-order valence-electron chi connectivity index (χ3n) is 2.92. The number of anilines is 1. The van der Waals surface area contributed by atoms with Gasteiger partial charge in [-0.15, -0.1) is 0 Å². The maximum atomic E-state index is 12.2.